The van der Waals surface area contributed by atoms with Crippen molar-refractivity contribution in [1.82, 2.24) is 0 Å². The van der Waals surface area contributed by atoms with Crippen molar-refractivity contribution in [2.45, 2.75) is 44.6 Å². The fourth-order valence-corrected chi connectivity index (χ4v) is 2.34. The van der Waals surface area contributed by atoms with Crippen molar-refractivity contribution in [3.63, 3.8) is 0 Å². The summed E-state index contributed by atoms with van der Waals surface area (Å²) in [5.74, 6) is 0.243. The van der Waals surface area contributed by atoms with Gasteiger partial charge in [0.25, 0.3) is 0 Å². The zero-order chi connectivity index (χ0) is 11.9. The van der Waals surface area contributed by atoms with Crippen molar-refractivity contribution in [2.75, 3.05) is 25.2 Å². The van der Waals surface area contributed by atoms with E-state index in [4.69, 9.17) is 9.47 Å². The average molecular weight is 293 g/mol. The zero-order valence-corrected chi connectivity index (χ0v) is 11.6. The van der Waals surface area contributed by atoms with E-state index in [-0.39, 0.29) is 11.4 Å². The van der Waals surface area contributed by atoms with E-state index in [2.05, 4.69) is 15.9 Å². The van der Waals surface area contributed by atoms with Gasteiger partial charge in [0.05, 0.1) is 18.8 Å². The van der Waals surface area contributed by atoms with Gasteiger partial charge in [-0.05, 0) is 32.6 Å². The van der Waals surface area contributed by atoms with Crippen LogP contribution in [0.1, 0.15) is 39.0 Å². The Morgan fingerprint density at radius 3 is 2.81 bits per heavy atom. The van der Waals surface area contributed by atoms with Crippen LogP contribution in [0.4, 0.5) is 0 Å². The van der Waals surface area contributed by atoms with Crippen LogP contribution in [0.2, 0.25) is 0 Å². The predicted octanol–water partition coefficient (Wildman–Crippen LogP) is 2.71. The molecule has 3 nitrogen and oxygen atoms in total. The lowest BCUT2D eigenvalue weighted by molar-refractivity contribution is -0.119. The number of rotatable bonds is 6. The number of alkyl halides is 1. The number of carbonyl (C=O) groups excluding carboxylic acids is 1. The zero-order valence-electron chi connectivity index (χ0n) is 9.97. The minimum Gasteiger partial charge on any atom is -0.379 e. The highest BCUT2D eigenvalue weighted by atomic mass is 79.9. The molecule has 4 heteroatoms. The summed E-state index contributed by atoms with van der Waals surface area (Å²) in [6, 6.07) is 0. The van der Waals surface area contributed by atoms with E-state index in [1.165, 1.54) is 0 Å². The third-order valence-electron chi connectivity index (χ3n) is 3.04. The summed E-state index contributed by atoms with van der Waals surface area (Å²) >= 11 is 3.45. The van der Waals surface area contributed by atoms with Gasteiger partial charge >= 0.3 is 0 Å². The van der Waals surface area contributed by atoms with Crippen LogP contribution in [0.3, 0.4) is 0 Å². The van der Waals surface area contributed by atoms with E-state index in [9.17, 15) is 4.79 Å². The van der Waals surface area contributed by atoms with Gasteiger partial charge in [-0.3, -0.25) is 0 Å². The summed E-state index contributed by atoms with van der Waals surface area (Å²) in [5, 5.41) is 0.985. The molecule has 1 aliphatic heterocycles. The topological polar surface area (TPSA) is 35.5 Å². The first kappa shape index (κ1) is 14.1. The third-order valence-corrected chi connectivity index (χ3v) is 3.60. The Labute approximate surface area is 106 Å². The van der Waals surface area contributed by atoms with Gasteiger partial charge in [0, 0.05) is 18.4 Å². The number of ketones is 1. The second kappa shape index (κ2) is 7.41. The average Bonchev–Trinajstić information content (AvgIpc) is 2.50. The van der Waals surface area contributed by atoms with Crippen LogP contribution in [-0.4, -0.2) is 36.5 Å². The molecule has 0 aromatic rings. The van der Waals surface area contributed by atoms with E-state index >= 15 is 0 Å². The molecular formula is C12H21BrO3. The van der Waals surface area contributed by atoms with E-state index in [1.54, 1.807) is 6.92 Å². The highest BCUT2D eigenvalue weighted by Gasteiger charge is 2.31. The Bertz CT molecular complexity index is 210. The fourth-order valence-electron chi connectivity index (χ4n) is 2.06. The molecule has 1 fully saturated rings. The molecule has 94 valence electrons. The number of halogens is 1. The molecule has 0 aromatic heterocycles. The molecule has 16 heavy (non-hydrogen) atoms. The molecule has 1 aliphatic rings. The van der Waals surface area contributed by atoms with Gasteiger partial charge in [-0.15, -0.1) is 0 Å². The van der Waals surface area contributed by atoms with Crippen LogP contribution in [0, 0.1) is 0 Å². The lowest BCUT2D eigenvalue weighted by atomic mass is 9.88. The van der Waals surface area contributed by atoms with Gasteiger partial charge < -0.3 is 14.3 Å². The third kappa shape index (κ3) is 4.93. The lowest BCUT2D eigenvalue weighted by Crippen LogP contribution is -2.34. The van der Waals surface area contributed by atoms with Gasteiger partial charge in [0.2, 0.25) is 0 Å². The largest absolute Gasteiger partial charge is 0.379 e. The minimum absolute atomic E-state index is 0.129. The summed E-state index contributed by atoms with van der Waals surface area (Å²) in [5.41, 5.74) is -0.129. The maximum Gasteiger partial charge on any atom is 0.129 e. The van der Waals surface area contributed by atoms with Crippen molar-refractivity contribution in [2.24, 2.45) is 0 Å². The van der Waals surface area contributed by atoms with E-state index in [0.717, 1.165) is 37.6 Å². The normalized spacial score (nSPS) is 26.4. The second-order valence-corrected chi connectivity index (χ2v) is 5.18. The molecule has 1 unspecified atom stereocenters. The Balaban J connectivity index is 2.53. The molecule has 1 heterocycles. The van der Waals surface area contributed by atoms with Gasteiger partial charge in [-0.2, -0.15) is 0 Å². The highest BCUT2D eigenvalue weighted by molar-refractivity contribution is 9.09. The van der Waals surface area contributed by atoms with E-state index in [1.807, 2.05) is 0 Å². The fraction of sp³-hybridized carbons (Fsp3) is 0.917. The summed E-state index contributed by atoms with van der Waals surface area (Å²) in [7, 11) is 0. The van der Waals surface area contributed by atoms with Crippen LogP contribution >= 0.6 is 15.9 Å². The van der Waals surface area contributed by atoms with Gasteiger partial charge in [-0.1, -0.05) is 15.9 Å². The van der Waals surface area contributed by atoms with Crippen LogP contribution in [0.15, 0.2) is 0 Å². The first-order valence-electron chi connectivity index (χ1n) is 5.96. The van der Waals surface area contributed by atoms with Crippen molar-refractivity contribution in [3.8, 4) is 0 Å². The maximum absolute atomic E-state index is 11.1. The number of Topliss-reactive ketones (excluding diaryl/α,β-unsaturated/α-hetero) is 1. The molecule has 0 amide bonds. The number of hydrogen-bond acceptors (Lipinski definition) is 3. The molecule has 0 spiro atoms. The van der Waals surface area contributed by atoms with Gasteiger partial charge in [0.1, 0.15) is 5.78 Å². The van der Waals surface area contributed by atoms with Crippen molar-refractivity contribution in [1.29, 1.82) is 0 Å². The Morgan fingerprint density at radius 1 is 1.31 bits per heavy atom. The number of ether oxygens (including phenoxy) is 2. The molecular weight excluding hydrogens is 272 g/mol. The van der Waals surface area contributed by atoms with Gasteiger partial charge in [0.15, 0.2) is 0 Å². The molecule has 0 saturated carbocycles. The molecule has 0 radical (unpaired) electrons. The molecule has 0 aromatic carbocycles. The Morgan fingerprint density at radius 2 is 2.12 bits per heavy atom. The standard InChI is InChI=1S/C12H21BrO3/c1-11(14)3-5-12(4-2-7-13)6-8-15-9-10-16-12/h2-10H2,1H3. The Kier molecular flexibility index (Phi) is 6.54. The molecule has 0 aliphatic carbocycles. The smallest absolute Gasteiger partial charge is 0.129 e. The quantitative estimate of drug-likeness (QED) is 0.706. The molecule has 0 N–H and O–H groups in total. The van der Waals surface area contributed by atoms with E-state index in [0.29, 0.717) is 19.6 Å². The maximum atomic E-state index is 11.1. The number of hydrogen-bond donors (Lipinski definition) is 0. The van der Waals surface area contributed by atoms with Crippen LogP contribution < -0.4 is 0 Å². The summed E-state index contributed by atoms with van der Waals surface area (Å²) in [6.45, 7) is 3.72. The SMILES string of the molecule is CC(=O)CCC1(CCCBr)CCOCCO1. The van der Waals surface area contributed by atoms with E-state index < -0.39 is 0 Å². The lowest BCUT2D eigenvalue weighted by Gasteiger charge is -2.32. The summed E-state index contributed by atoms with van der Waals surface area (Å²) < 4.78 is 11.4. The van der Waals surface area contributed by atoms with Crippen molar-refractivity contribution >= 4 is 21.7 Å². The number of carbonyl (C=O) groups is 1. The summed E-state index contributed by atoms with van der Waals surface area (Å²) in [6.07, 6.45) is 4.45. The highest BCUT2D eigenvalue weighted by Crippen LogP contribution is 2.30. The second-order valence-electron chi connectivity index (χ2n) is 4.39. The van der Waals surface area contributed by atoms with Crippen LogP contribution in [0.25, 0.3) is 0 Å². The molecule has 1 saturated heterocycles. The summed E-state index contributed by atoms with van der Waals surface area (Å²) in [4.78, 5) is 11.1. The monoisotopic (exact) mass is 292 g/mol. The molecule has 1 atom stereocenters. The first-order valence-corrected chi connectivity index (χ1v) is 7.08. The molecule has 0 bridgehead atoms. The molecule has 1 rings (SSSR count). The van der Waals surface area contributed by atoms with Gasteiger partial charge in [-0.25, -0.2) is 0 Å². The first-order chi connectivity index (χ1) is 7.68. The van der Waals surface area contributed by atoms with Crippen LogP contribution in [-0.2, 0) is 14.3 Å². The van der Waals surface area contributed by atoms with Crippen molar-refractivity contribution in [3.05, 3.63) is 0 Å². The van der Waals surface area contributed by atoms with Crippen molar-refractivity contribution < 1.29 is 14.3 Å². The predicted molar refractivity (Wildman–Crippen MR) is 67.1 cm³/mol. The van der Waals surface area contributed by atoms with Crippen LogP contribution in [0.5, 0.6) is 0 Å². The Hall–Kier alpha value is 0.0700. The minimum atomic E-state index is -0.129.